The van der Waals surface area contributed by atoms with Crippen LogP contribution in [0, 0.1) is 13.8 Å². The summed E-state index contributed by atoms with van der Waals surface area (Å²) in [6.07, 6.45) is 2.27. The minimum Gasteiger partial charge on any atom is -0.456 e. The third kappa shape index (κ3) is 7.75. The molecule has 0 radical (unpaired) electrons. The van der Waals surface area contributed by atoms with Gasteiger partial charge in [0.2, 0.25) is 0 Å². The van der Waals surface area contributed by atoms with Gasteiger partial charge in [0.25, 0.3) is 0 Å². The van der Waals surface area contributed by atoms with Gasteiger partial charge >= 0.3 is 0 Å². The summed E-state index contributed by atoms with van der Waals surface area (Å²) in [6, 6.07) is 57.3. The molecule has 0 bridgehead atoms. The van der Waals surface area contributed by atoms with Crippen molar-refractivity contribution in [3.8, 4) is 33.4 Å². The minimum absolute atomic E-state index is 0.00331. The van der Waals surface area contributed by atoms with Crippen LogP contribution in [-0.2, 0) is 21.7 Å². The molecular weight excluding hydrogens is 848 g/mol. The van der Waals surface area contributed by atoms with Crippen molar-refractivity contribution in [1.82, 2.24) is 0 Å². The van der Waals surface area contributed by atoms with Crippen LogP contribution in [0.25, 0.3) is 55.3 Å². The first kappa shape index (κ1) is 45.7. The molecule has 3 nitrogen and oxygen atoms in total. The first-order valence-electron chi connectivity index (χ1n) is 25.5. The number of hydrogen-bond acceptors (Lipinski definition) is 3. The van der Waals surface area contributed by atoms with E-state index in [0.29, 0.717) is 0 Å². The number of para-hydroxylation sites is 1. The first-order chi connectivity index (χ1) is 33.3. The molecule has 9 aromatic rings. The number of furan rings is 1. The number of aryl methyl sites for hydroxylation is 2. The second kappa shape index (κ2) is 16.4. The van der Waals surface area contributed by atoms with Crippen molar-refractivity contribution < 1.29 is 4.42 Å². The first-order valence-corrected chi connectivity index (χ1v) is 25.5. The normalized spacial score (nSPS) is 15.1. The minimum atomic E-state index is -0.0460. The molecule has 350 valence electrons. The third-order valence-corrected chi connectivity index (χ3v) is 16.0. The molecule has 0 spiro atoms. The number of rotatable bonds is 6. The lowest BCUT2D eigenvalue weighted by molar-refractivity contribution is 0.332. The maximum absolute atomic E-state index is 6.70. The summed E-state index contributed by atoms with van der Waals surface area (Å²) >= 11 is 0. The van der Waals surface area contributed by atoms with E-state index in [4.69, 9.17) is 4.42 Å². The van der Waals surface area contributed by atoms with E-state index in [9.17, 15) is 0 Å². The standard InChI is InChI=1S/C66H67BN2O/c1-40-19-18-20-41(2)59(40)43-35-50(49-38-51-52(66(11,12)34-33-65(51,9)10)39-53(49)68-46-28-25-44(26-29-46)63(3,4)5)61-56(36-43)69(54-30-27-45(64(6,7)8)37-48(54)42-21-14-13-15-22-42)55-31-32-58-60(62(55)67-61)47-23-16-17-24-57(47)70-58/h13-32,35-39,67-68H,33-34H2,1-12H3. The van der Waals surface area contributed by atoms with Gasteiger partial charge in [-0.05, 0) is 182 Å². The fourth-order valence-corrected chi connectivity index (χ4v) is 11.7. The molecule has 4 heteroatoms. The predicted octanol–water partition coefficient (Wildman–Crippen LogP) is 17.1. The monoisotopic (exact) mass is 915 g/mol. The van der Waals surface area contributed by atoms with E-state index in [2.05, 4.69) is 245 Å². The van der Waals surface area contributed by atoms with Crippen molar-refractivity contribution in [1.29, 1.82) is 0 Å². The Morgan fingerprint density at radius 3 is 1.83 bits per heavy atom. The Kier molecular flexibility index (Phi) is 10.7. The molecule has 1 aliphatic carbocycles. The van der Waals surface area contributed by atoms with E-state index in [1.807, 2.05) is 0 Å². The molecule has 1 aliphatic heterocycles. The Morgan fingerprint density at radius 1 is 0.514 bits per heavy atom. The Balaban J connectivity index is 1.28. The number of nitrogens with one attached hydrogen (secondary N) is 1. The average molecular weight is 915 g/mol. The van der Waals surface area contributed by atoms with E-state index in [1.165, 1.54) is 94.4 Å². The highest BCUT2D eigenvalue weighted by Gasteiger charge is 2.39. The van der Waals surface area contributed by atoms with Crippen molar-refractivity contribution in [2.75, 3.05) is 10.2 Å². The van der Waals surface area contributed by atoms with Gasteiger partial charge in [0.05, 0.1) is 5.69 Å². The van der Waals surface area contributed by atoms with Crippen LogP contribution in [0.15, 0.2) is 156 Å². The zero-order chi connectivity index (χ0) is 49.1. The number of benzene rings is 8. The highest BCUT2D eigenvalue weighted by Crippen LogP contribution is 2.52. The summed E-state index contributed by atoms with van der Waals surface area (Å²) < 4.78 is 6.70. The lowest BCUT2D eigenvalue weighted by Crippen LogP contribution is -2.41. The van der Waals surface area contributed by atoms with Gasteiger partial charge in [-0.15, -0.1) is 0 Å². The molecular formula is C66H67BN2O. The van der Waals surface area contributed by atoms with Gasteiger partial charge < -0.3 is 14.6 Å². The molecule has 0 atom stereocenters. The van der Waals surface area contributed by atoms with Crippen LogP contribution in [0.3, 0.4) is 0 Å². The maximum Gasteiger partial charge on any atom is 0.199 e. The Bertz CT molecular complexity index is 3500. The summed E-state index contributed by atoms with van der Waals surface area (Å²) in [5.41, 5.74) is 25.6. The predicted molar refractivity (Wildman–Crippen MR) is 303 cm³/mol. The highest BCUT2D eigenvalue weighted by atomic mass is 16.3. The Labute approximate surface area is 417 Å². The molecule has 8 aromatic carbocycles. The van der Waals surface area contributed by atoms with Crippen molar-refractivity contribution in [3.05, 3.63) is 185 Å². The van der Waals surface area contributed by atoms with Crippen molar-refractivity contribution in [2.24, 2.45) is 0 Å². The summed E-state index contributed by atoms with van der Waals surface area (Å²) in [7, 11) is 0.733. The van der Waals surface area contributed by atoms with Gasteiger partial charge in [0, 0.05) is 44.6 Å². The largest absolute Gasteiger partial charge is 0.456 e. The summed E-state index contributed by atoms with van der Waals surface area (Å²) in [6.45, 7) is 28.1. The summed E-state index contributed by atoms with van der Waals surface area (Å²) in [5.74, 6) is 0. The second-order valence-corrected chi connectivity index (χ2v) is 23.8. The van der Waals surface area contributed by atoms with Gasteiger partial charge in [-0.25, -0.2) is 0 Å². The van der Waals surface area contributed by atoms with E-state index in [0.717, 1.165) is 53.7 Å². The van der Waals surface area contributed by atoms with E-state index >= 15 is 0 Å². The second-order valence-electron chi connectivity index (χ2n) is 23.8. The summed E-state index contributed by atoms with van der Waals surface area (Å²) in [4.78, 5) is 2.61. The number of nitrogens with zero attached hydrogens (tertiary/aromatic N) is 1. The van der Waals surface area contributed by atoms with Crippen molar-refractivity contribution in [3.63, 3.8) is 0 Å². The topological polar surface area (TPSA) is 28.4 Å². The van der Waals surface area contributed by atoms with Gasteiger partial charge in [-0.1, -0.05) is 154 Å². The zero-order valence-electron chi connectivity index (χ0n) is 43.4. The molecule has 2 heterocycles. The van der Waals surface area contributed by atoms with Gasteiger partial charge in [0.1, 0.15) is 11.2 Å². The van der Waals surface area contributed by atoms with Crippen LogP contribution < -0.4 is 21.1 Å². The third-order valence-electron chi connectivity index (χ3n) is 16.0. The smallest absolute Gasteiger partial charge is 0.199 e. The van der Waals surface area contributed by atoms with Crippen LogP contribution >= 0.6 is 0 Å². The molecule has 0 amide bonds. The molecule has 1 N–H and O–H groups in total. The van der Waals surface area contributed by atoms with Crippen molar-refractivity contribution >= 4 is 68.6 Å². The van der Waals surface area contributed by atoms with Crippen LogP contribution in [0.4, 0.5) is 28.4 Å². The molecule has 11 rings (SSSR count). The molecule has 2 aliphatic rings. The fourth-order valence-electron chi connectivity index (χ4n) is 11.7. The maximum atomic E-state index is 6.70. The highest BCUT2D eigenvalue weighted by molar-refractivity contribution is 6.76. The van der Waals surface area contributed by atoms with Crippen LogP contribution in [0.5, 0.6) is 0 Å². The van der Waals surface area contributed by atoms with Crippen molar-refractivity contribution in [2.45, 2.75) is 118 Å². The Hall–Kier alpha value is -6.78. The molecule has 0 fully saturated rings. The number of fused-ring (bicyclic) bond motifs is 7. The zero-order valence-corrected chi connectivity index (χ0v) is 43.4. The molecule has 1 aromatic heterocycles. The SMILES string of the molecule is Cc1cccc(C)c1-c1cc(-c2cc3c(cc2Nc2ccc(C(C)(C)C)cc2)C(C)(C)CCC3(C)C)c2c(c1)N(c1ccc(C(C)(C)C)cc1-c1ccccc1)c1ccc3oc4ccccc4c3c1B2. The quantitative estimate of drug-likeness (QED) is 0.169. The number of hydrogen-bond donors (Lipinski definition) is 1. The average Bonchev–Trinajstić information content (AvgIpc) is 3.71. The molecule has 0 saturated carbocycles. The summed E-state index contributed by atoms with van der Waals surface area (Å²) in [5, 5.41) is 6.42. The molecule has 70 heavy (non-hydrogen) atoms. The molecule has 0 saturated heterocycles. The fraction of sp³-hybridized carbons (Fsp3) is 0.273. The van der Waals surface area contributed by atoms with Gasteiger partial charge in [0.15, 0.2) is 7.28 Å². The Morgan fingerprint density at radius 2 is 1.14 bits per heavy atom. The van der Waals surface area contributed by atoms with Gasteiger partial charge in [-0.2, -0.15) is 0 Å². The van der Waals surface area contributed by atoms with Crippen LogP contribution in [0.1, 0.15) is 115 Å². The van der Waals surface area contributed by atoms with E-state index < -0.39 is 0 Å². The van der Waals surface area contributed by atoms with E-state index in [-0.39, 0.29) is 21.7 Å². The lowest BCUT2D eigenvalue weighted by atomic mass is 9.56. The van der Waals surface area contributed by atoms with Crippen LogP contribution in [-0.4, -0.2) is 7.28 Å². The van der Waals surface area contributed by atoms with Crippen LogP contribution in [0.2, 0.25) is 0 Å². The number of anilines is 5. The lowest BCUT2D eigenvalue weighted by Gasteiger charge is -2.43. The van der Waals surface area contributed by atoms with Gasteiger partial charge in [-0.3, -0.25) is 0 Å². The van der Waals surface area contributed by atoms with E-state index in [1.54, 1.807) is 0 Å². The molecule has 0 unspecified atom stereocenters.